The highest BCUT2D eigenvalue weighted by Crippen LogP contribution is 2.34. The molecule has 3 aromatic rings. The van der Waals surface area contributed by atoms with Gasteiger partial charge in [0.1, 0.15) is 11.3 Å². The highest BCUT2D eigenvalue weighted by molar-refractivity contribution is 6.02. The molecule has 0 aliphatic heterocycles. The first-order valence-corrected chi connectivity index (χ1v) is 8.78. The molecular formula is C18H19FN6O3. The highest BCUT2D eigenvalue weighted by Gasteiger charge is 2.40. The van der Waals surface area contributed by atoms with Crippen LogP contribution in [0, 0.1) is 12.7 Å². The number of pyridine rings is 1. The maximum atomic E-state index is 13.7. The van der Waals surface area contributed by atoms with E-state index in [-0.39, 0.29) is 24.7 Å². The van der Waals surface area contributed by atoms with Crippen LogP contribution in [0.5, 0.6) is 5.88 Å². The van der Waals surface area contributed by atoms with Crippen molar-refractivity contribution in [3.63, 3.8) is 0 Å². The number of hydrogen-bond donors (Lipinski definition) is 2. The third kappa shape index (κ3) is 3.50. The number of carbonyl (C=O) groups excluding carboxylic acids is 1. The van der Waals surface area contributed by atoms with Crippen molar-refractivity contribution < 1.29 is 19.0 Å². The Morgan fingerprint density at radius 1 is 1.39 bits per heavy atom. The van der Waals surface area contributed by atoms with E-state index in [2.05, 4.69) is 25.4 Å². The second-order valence-corrected chi connectivity index (χ2v) is 6.92. The average molecular weight is 386 g/mol. The number of methoxy groups -OCH3 is 1. The van der Waals surface area contributed by atoms with Crippen molar-refractivity contribution in [3.8, 4) is 5.88 Å². The minimum absolute atomic E-state index is 0.0927. The van der Waals surface area contributed by atoms with Gasteiger partial charge in [-0.15, -0.1) is 0 Å². The molecule has 2 N–H and O–H groups in total. The Kier molecular flexibility index (Phi) is 4.42. The summed E-state index contributed by atoms with van der Waals surface area (Å²) in [6.45, 7) is 2.03. The minimum atomic E-state index is -0.823. The van der Waals surface area contributed by atoms with Gasteiger partial charge in [-0.1, -0.05) is 0 Å². The van der Waals surface area contributed by atoms with Crippen LogP contribution >= 0.6 is 0 Å². The third-order valence-electron chi connectivity index (χ3n) is 4.59. The number of fused-ring (bicyclic) bond motifs is 1. The number of hydrogen-bond acceptors (Lipinski definition) is 7. The molecule has 1 aliphatic carbocycles. The highest BCUT2D eigenvalue weighted by atomic mass is 19.1. The molecule has 0 spiro atoms. The Labute approximate surface area is 159 Å². The molecule has 0 bridgehead atoms. The summed E-state index contributed by atoms with van der Waals surface area (Å²) in [4.78, 5) is 25.2. The number of carbonyl (C=O) groups is 1. The van der Waals surface area contributed by atoms with Gasteiger partial charge >= 0.3 is 0 Å². The zero-order valence-electron chi connectivity index (χ0n) is 15.4. The van der Waals surface area contributed by atoms with Gasteiger partial charge < -0.3 is 15.2 Å². The van der Waals surface area contributed by atoms with E-state index >= 15 is 0 Å². The van der Waals surface area contributed by atoms with Crippen molar-refractivity contribution in [2.75, 3.05) is 13.7 Å². The van der Waals surface area contributed by atoms with Crippen molar-refractivity contribution in [1.82, 2.24) is 30.0 Å². The summed E-state index contributed by atoms with van der Waals surface area (Å²) in [5.41, 5.74) is 1.09. The largest absolute Gasteiger partial charge is 0.481 e. The quantitative estimate of drug-likeness (QED) is 0.649. The average Bonchev–Trinajstić information content (AvgIpc) is 3.31. The number of aryl methyl sites for hydroxylation is 1. The van der Waals surface area contributed by atoms with Gasteiger partial charge in [-0.2, -0.15) is 5.10 Å². The van der Waals surface area contributed by atoms with E-state index in [4.69, 9.17) is 4.74 Å². The van der Waals surface area contributed by atoms with E-state index in [1.54, 1.807) is 13.1 Å². The van der Waals surface area contributed by atoms with Crippen LogP contribution in [0.1, 0.15) is 34.6 Å². The summed E-state index contributed by atoms with van der Waals surface area (Å²) in [7, 11) is 1.44. The fraction of sp³-hybridized carbons (Fsp3) is 0.389. The minimum Gasteiger partial charge on any atom is -0.481 e. The van der Waals surface area contributed by atoms with Crippen LogP contribution < -0.4 is 10.1 Å². The molecule has 3 heterocycles. The lowest BCUT2D eigenvalue weighted by atomic mass is 10.2. The number of halogens is 1. The van der Waals surface area contributed by atoms with Crippen molar-refractivity contribution in [2.24, 2.45) is 0 Å². The molecule has 1 aliphatic rings. The molecule has 4 rings (SSSR count). The Balaban J connectivity index is 1.71. The first-order valence-electron chi connectivity index (χ1n) is 8.78. The zero-order chi connectivity index (χ0) is 19.9. The molecule has 28 heavy (non-hydrogen) atoms. The van der Waals surface area contributed by atoms with Gasteiger partial charge in [0.2, 0.25) is 5.88 Å². The third-order valence-corrected chi connectivity index (χ3v) is 4.59. The van der Waals surface area contributed by atoms with Crippen LogP contribution in [-0.4, -0.2) is 55.0 Å². The number of aliphatic hydroxyl groups is 1. The van der Waals surface area contributed by atoms with Gasteiger partial charge in [0.15, 0.2) is 11.3 Å². The predicted molar refractivity (Wildman–Crippen MR) is 96.4 cm³/mol. The summed E-state index contributed by atoms with van der Waals surface area (Å²) in [6.07, 6.45) is 3.93. The van der Waals surface area contributed by atoms with E-state index < -0.39 is 17.3 Å². The lowest BCUT2D eigenvalue weighted by Crippen LogP contribution is -2.33. The monoisotopic (exact) mass is 386 g/mol. The van der Waals surface area contributed by atoms with Crippen molar-refractivity contribution in [2.45, 2.75) is 31.9 Å². The Morgan fingerprint density at radius 2 is 2.18 bits per heavy atom. The fourth-order valence-corrected chi connectivity index (χ4v) is 2.87. The summed E-state index contributed by atoms with van der Waals surface area (Å²) < 4.78 is 20.3. The van der Waals surface area contributed by atoms with E-state index in [0.29, 0.717) is 35.3 Å². The van der Waals surface area contributed by atoms with Gasteiger partial charge in [0.05, 0.1) is 31.1 Å². The molecule has 0 aromatic carbocycles. The molecule has 1 saturated carbocycles. The fourth-order valence-electron chi connectivity index (χ4n) is 2.87. The van der Waals surface area contributed by atoms with E-state index in [1.807, 2.05) is 0 Å². The maximum Gasteiger partial charge on any atom is 0.274 e. The van der Waals surface area contributed by atoms with Crippen LogP contribution in [0.25, 0.3) is 11.2 Å². The van der Waals surface area contributed by atoms with Gasteiger partial charge in [-0.25, -0.2) is 24.0 Å². The molecular weight excluding hydrogens is 367 g/mol. The first-order chi connectivity index (χ1) is 13.4. The second kappa shape index (κ2) is 6.79. The van der Waals surface area contributed by atoms with Crippen molar-refractivity contribution in [3.05, 3.63) is 41.2 Å². The lowest BCUT2D eigenvalue weighted by Gasteiger charge is -2.08. The number of nitrogens with one attached hydrogen (secondary N) is 1. The summed E-state index contributed by atoms with van der Waals surface area (Å²) in [5.74, 6) is -0.704. The smallest absolute Gasteiger partial charge is 0.274 e. The zero-order valence-corrected chi connectivity index (χ0v) is 15.4. The summed E-state index contributed by atoms with van der Waals surface area (Å²) in [5, 5.41) is 17.0. The normalized spacial score (nSPS) is 14.9. The maximum absolute atomic E-state index is 13.7. The molecule has 1 fully saturated rings. The summed E-state index contributed by atoms with van der Waals surface area (Å²) in [6, 6.07) is 1.30. The standard InChI is InChI=1S/C18H19FN6O3/c1-10-6-20-13-14(16(26)22-9-18(27)3-4-18)24-25(15(13)23-10)8-11-5-12(19)7-21-17(11)28-2/h5-7,27H,3-4,8-9H2,1-2H3,(H,22,26). The Bertz CT molecular complexity index is 1060. The molecule has 146 valence electrons. The van der Waals surface area contributed by atoms with Crippen molar-refractivity contribution >= 4 is 17.1 Å². The number of ether oxygens (including phenoxy) is 1. The van der Waals surface area contributed by atoms with Gasteiger partial charge in [-0.3, -0.25) is 4.79 Å². The van der Waals surface area contributed by atoms with E-state index in [1.165, 1.54) is 17.9 Å². The van der Waals surface area contributed by atoms with Crippen LogP contribution in [-0.2, 0) is 6.54 Å². The topological polar surface area (TPSA) is 115 Å². The van der Waals surface area contributed by atoms with Crippen LogP contribution in [0.15, 0.2) is 18.5 Å². The van der Waals surface area contributed by atoms with Gasteiger partial charge in [0, 0.05) is 18.3 Å². The molecule has 0 atom stereocenters. The predicted octanol–water partition coefficient (Wildman–Crippen LogP) is 0.980. The van der Waals surface area contributed by atoms with Crippen molar-refractivity contribution in [1.29, 1.82) is 0 Å². The number of nitrogens with zero attached hydrogens (tertiary/aromatic N) is 5. The van der Waals surface area contributed by atoms with Crippen LogP contribution in [0.3, 0.4) is 0 Å². The van der Waals surface area contributed by atoms with E-state index in [0.717, 1.165) is 6.20 Å². The Hall–Kier alpha value is -3.14. The summed E-state index contributed by atoms with van der Waals surface area (Å²) >= 11 is 0. The molecule has 0 radical (unpaired) electrons. The Morgan fingerprint density at radius 3 is 2.89 bits per heavy atom. The molecule has 0 saturated heterocycles. The van der Waals surface area contributed by atoms with Gasteiger partial charge in [0.25, 0.3) is 5.91 Å². The number of rotatable bonds is 6. The molecule has 3 aromatic heterocycles. The SMILES string of the molecule is COc1ncc(F)cc1Cn1nc(C(=O)NCC2(O)CC2)c2ncc(C)nc21. The molecule has 1 amide bonds. The van der Waals surface area contributed by atoms with Crippen LogP contribution in [0.4, 0.5) is 4.39 Å². The second-order valence-electron chi connectivity index (χ2n) is 6.92. The molecule has 10 heteroatoms. The molecule has 9 nitrogen and oxygen atoms in total. The lowest BCUT2D eigenvalue weighted by molar-refractivity contribution is 0.0892. The van der Waals surface area contributed by atoms with E-state index in [9.17, 15) is 14.3 Å². The molecule has 0 unspecified atom stereocenters. The first kappa shape index (κ1) is 18.2. The number of aromatic nitrogens is 5. The van der Waals surface area contributed by atoms with Crippen LogP contribution in [0.2, 0.25) is 0 Å². The number of amides is 1. The van der Waals surface area contributed by atoms with Gasteiger partial charge in [-0.05, 0) is 25.8 Å².